The quantitative estimate of drug-likeness (QED) is 0.705. The summed E-state index contributed by atoms with van der Waals surface area (Å²) in [5, 5.41) is 0. The van der Waals surface area contributed by atoms with E-state index in [1.54, 1.807) is 0 Å². The molecule has 2 rings (SSSR count). The monoisotopic (exact) mass is 253 g/mol. The van der Waals surface area contributed by atoms with Crippen molar-refractivity contribution in [3.8, 4) is 0 Å². The van der Waals surface area contributed by atoms with Gasteiger partial charge < -0.3 is 14.4 Å². The predicted molar refractivity (Wildman–Crippen MR) is 72.7 cm³/mol. The Kier molecular flexibility index (Phi) is 5.19. The zero-order valence-corrected chi connectivity index (χ0v) is 11.7. The first-order valence-electron chi connectivity index (χ1n) is 7.58. The lowest BCUT2D eigenvalue weighted by Crippen LogP contribution is -2.45. The third kappa shape index (κ3) is 3.55. The van der Waals surface area contributed by atoms with Crippen LogP contribution in [0, 0.1) is 5.41 Å². The first kappa shape index (κ1) is 14.0. The molecule has 3 nitrogen and oxygen atoms in total. The molecular formula is C15H27NO2. The molecule has 0 aromatic heterocycles. The third-order valence-corrected chi connectivity index (χ3v) is 4.57. The molecule has 1 heterocycles. The molecule has 0 atom stereocenters. The second kappa shape index (κ2) is 6.67. The number of ether oxygens (including phenoxy) is 1. The zero-order valence-electron chi connectivity index (χ0n) is 11.7. The highest BCUT2D eigenvalue weighted by atomic mass is 16.5. The molecule has 0 aromatic carbocycles. The normalized spacial score (nSPS) is 26.1. The molecule has 0 amide bonds. The topological polar surface area (TPSA) is 29.5 Å². The Morgan fingerprint density at radius 3 is 2.44 bits per heavy atom. The van der Waals surface area contributed by atoms with Crippen molar-refractivity contribution in [3.63, 3.8) is 0 Å². The molecule has 104 valence electrons. The summed E-state index contributed by atoms with van der Waals surface area (Å²) in [5.74, 6) is 0. The van der Waals surface area contributed by atoms with Gasteiger partial charge in [-0.3, -0.25) is 0 Å². The minimum atomic E-state index is -0.0311. The number of likely N-dealkylation sites (tertiary alicyclic amines) is 1. The summed E-state index contributed by atoms with van der Waals surface area (Å²) in [6.45, 7) is 6.06. The molecule has 2 aliphatic rings. The first-order chi connectivity index (χ1) is 8.78. The van der Waals surface area contributed by atoms with Crippen LogP contribution in [0.3, 0.4) is 0 Å². The average molecular weight is 253 g/mol. The van der Waals surface area contributed by atoms with Gasteiger partial charge in [-0.05, 0) is 32.6 Å². The second-order valence-corrected chi connectivity index (χ2v) is 5.97. The van der Waals surface area contributed by atoms with Crippen LogP contribution in [0.25, 0.3) is 0 Å². The number of piperidine rings is 1. The number of rotatable bonds is 5. The molecule has 1 saturated carbocycles. The fourth-order valence-electron chi connectivity index (χ4n) is 3.48. The van der Waals surface area contributed by atoms with Crippen molar-refractivity contribution in [2.45, 2.75) is 58.0 Å². The predicted octanol–water partition coefficient (Wildman–Crippen LogP) is 2.64. The maximum absolute atomic E-state index is 11.5. The Bertz CT molecular complexity index is 253. The summed E-state index contributed by atoms with van der Waals surface area (Å²) < 4.78 is 5.68. The number of carbonyl (C=O) groups excluding carboxylic acids is 1. The summed E-state index contributed by atoms with van der Waals surface area (Å²) >= 11 is 0. The fourth-order valence-corrected chi connectivity index (χ4v) is 3.48. The summed E-state index contributed by atoms with van der Waals surface area (Å²) in [6.07, 6.45) is 9.92. The van der Waals surface area contributed by atoms with Crippen LogP contribution in [-0.4, -0.2) is 43.5 Å². The Hall–Kier alpha value is -0.410. The van der Waals surface area contributed by atoms with E-state index in [0.717, 1.165) is 51.9 Å². The first-order valence-corrected chi connectivity index (χ1v) is 7.58. The molecular weight excluding hydrogens is 226 g/mol. The molecule has 1 saturated heterocycles. The highest BCUT2D eigenvalue weighted by Crippen LogP contribution is 2.35. The van der Waals surface area contributed by atoms with Gasteiger partial charge in [0.1, 0.15) is 6.29 Å². The van der Waals surface area contributed by atoms with Gasteiger partial charge in [0.2, 0.25) is 0 Å². The standard InChI is InChI=1S/C15H27NO2/c1-2-18-14-6-10-16(11-7-14)12-15(13-17)8-4-3-5-9-15/h13-14H,2-12H2,1H3. The van der Waals surface area contributed by atoms with E-state index in [1.165, 1.54) is 25.5 Å². The smallest absolute Gasteiger partial charge is 0.127 e. The average Bonchev–Trinajstić information content (AvgIpc) is 2.42. The molecule has 1 aliphatic carbocycles. The number of nitrogens with zero attached hydrogens (tertiary/aromatic N) is 1. The van der Waals surface area contributed by atoms with Crippen LogP contribution < -0.4 is 0 Å². The molecule has 0 N–H and O–H groups in total. The van der Waals surface area contributed by atoms with Crippen LogP contribution in [0.2, 0.25) is 0 Å². The zero-order chi connectivity index (χ0) is 12.8. The van der Waals surface area contributed by atoms with E-state index < -0.39 is 0 Å². The van der Waals surface area contributed by atoms with Gasteiger partial charge in [-0.2, -0.15) is 0 Å². The minimum absolute atomic E-state index is 0.0311. The van der Waals surface area contributed by atoms with Crippen molar-refractivity contribution in [2.75, 3.05) is 26.2 Å². The van der Waals surface area contributed by atoms with E-state index in [9.17, 15) is 4.79 Å². The van der Waals surface area contributed by atoms with Crippen molar-refractivity contribution >= 4 is 6.29 Å². The van der Waals surface area contributed by atoms with Crippen LogP contribution in [-0.2, 0) is 9.53 Å². The van der Waals surface area contributed by atoms with Crippen molar-refractivity contribution in [3.05, 3.63) is 0 Å². The van der Waals surface area contributed by atoms with Gasteiger partial charge >= 0.3 is 0 Å². The van der Waals surface area contributed by atoms with E-state index in [1.807, 2.05) is 0 Å². The van der Waals surface area contributed by atoms with Crippen LogP contribution in [0.15, 0.2) is 0 Å². The van der Waals surface area contributed by atoms with Crippen molar-refractivity contribution in [2.24, 2.45) is 5.41 Å². The molecule has 0 unspecified atom stereocenters. The number of hydrogen-bond acceptors (Lipinski definition) is 3. The third-order valence-electron chi connectivity index (χ3n) is 4.57. The summed E-state index contributed by atoms with van der Waals surface area (Å²) in [5.41, 5.74) is -0.0311. The highest BCUT2D eigenvalue weighted by molar-refractivity contribution is 5.60. The minimum Gasteiger partial charge on any atom is -0.378 e. The molecule has 1 aliphatic heterocycles. The Morgan fingerprint density at radius 1 is 1.22 bits per heavy atom. The summed E-state index contributed by atoms with van der Waals surface area (Å²) in [6, 6.07) is 0. The fraction of sp³-hybridized carbons (Fsp3) is 0.933. The van der Waals surface area contributed by atoms with Gasteiger partial charge in [0.25, 0.3) is 0 Å². The maximum atomic E-state index is 11.5. The van der Waals surface area contributed by atoms with E-state index in [4.69, 9.17) is 4.74 Å². The van der Waals surface area contributed by atoms with E-state index in [2.05, 4.69) is 11.8 Å². The van der Waals surface area contributed by atoms with Crippen LogP contribution >= 0.6 is 0 Å². The van der Waals surface area contributed by atoms with Gasteiger partial charge in [-0.15, -0.1) is 0 Å². The van der Waals surface area contributed by atoms with Crippen molar-refractivity contribution in [1.82, 2.24) is 4.90 Å². The largest absolute Gasteiger partial charge is 0.378 e. The Balaban J connectivity index is 1.80. The molecule has 2 fully saturated rings. The van der Waals surface area contributed by atoms with E-state index in [0.29, 0.717) is 6.10 Å². The van der Waals surface area contributed by atoms with Crippen LogP contribution in [0.5, 0.6) is 0 Å². The number of carbonyl (C=O) groups is 1. The maximum Gasteiger partial charge on any atom is 0.127 e. The van der Waals surface area contributed by atoms with Gasteiger partial charge in [0, 0.05) is 31.7 Å². The molecule has 0 spiro atoms. The molecule has 3 heteroatoms. The molecule has 0 bridgehead atoms. The highest BCUT2D eigenvalue weighted by Gasteiger charge is 2.34. The number of aldehydes is 1. The van der Waals surface area contributed by atoms with Gasteiger partial charge in [0.05, 0.1) is 6.10 Å². The van der Waals surface area contributed by atoms with Crippen LogP contribution in [0.4, 0.5) is 0 Å². The Morgan fingerprint density at radius 2 is 1.89 bits per heavy atom. The summed E-state index contributed by atoms with van der Waals surface area (Å²) in [4.78, 5) is 14.0. The van der Waals surface area contributed by atoms with Gasteiger partial charge in [-0.25, -0.2) is 0 Å². The lowest BCUT2D eigenvalue weighted by molar-refractivity contribution is -0.119. The summed E-state index contributed by atoms with van der Waals surface area (Å²) in [7, 11) is 0. The molecule has 0 radical (unpaired) electrons. The van der Waals surface area contributed by atoms with E-state index in [-0.39, 0.29) is 5.41 Å². The van der Waals surface area contributed by atoms with Crippen LogP contribution in [0.1, 0.15) is 51.9 Å². The van der Waals surface area contributed by atoms with Crippen molar-refractivity contribution < 1.29 is 9.53 Å². The second-order valence-electron chi connectivity index (χ2n) is 5.97. The molecule has 0 aromatic rings. The van der Waals surface area contributed by atoms with Gasteiger partial charge in [-0.1, -0.05) is 19.3 Å². The lowest BCUT2D eigenvalue weighted by Gasteiger charge is -2.39. The van der Waals surface area contributed by atoms with Crippen molar-refractivity contribution in [1.29, 1.82) is 0 Å². The SMILES string of the molecule is CCOC1CCN(CC2(C=O)CCCCC2)CC1. The number of hydrogen-bond donors (Lipinski definition) is 0. The van der Waals surface area contributed by atoms with E-state index >= 15 is 0 Å². The lowest BCUT2D eigenvalue weighted by atomic mass is 9.74. The van der Waals surface area contributed by atoms with Gasteiger partial charge in [0.15, 0.2) is 0 Å². The Labute approximate surface area is 111 Å². The molecule has 18 heavy (non-hydrogen) atoms.